The Balaban J connectivity index is 2.04. The highest BCUT2D eigenvalue weighted by Gasteiger charge is 2.07. The van der Waals surface area contributed by atoms with Gasteiger partial charge in [0.1, 0.15) is 12.4 Å². The summed E-state index contributed by atoms with van der Waals surface area (Å²) in [5, 5.41) is 0. The molecule has 0 bridgehead atoms. The number of nitrogen functional groups attached to an aromatic ring is 1. The van der Waals surface area contributed by atoms with E-state index in [4.69, 9.17) is 10.5 Å². The van der Waals surface area contributed by atoms with E-state index in [1.54, 1.807) is 24.3 Å². The maximum Gasteiger partial charge on any atom is 0.339 e. The minimum absolute atomic E-state index is 0.281. The number of anilines is 1. The van der Waals surface area contributed by atoms with Crippen molar-refractivity contribution in [3.63, 3.8) is 0 Å². The predicted molar refractivity (Wildman–Crippen MR) is 78.5 cm³/mol. The molecule has 0 unspecified atom stereocenters. The summed E-state index contributed by atoms with van der Waals surface area (Å²) in [4.78, 5) is 15.4. The molecule has 0 saturated heterocycles. The fourth-order valence-electron chi connectivity index (χ4n) is 1.53. The van der Waals surface area contributed by atoms with Crippen LogP contribution in [0.1, 0.15) is 16.1 Å². The maximum atomic E-state index is 11.3. The zero-order chi connectivity index (χ0) is 14.5. The van der Waals surface area contributed by atoms with Crippen molar-refractivity contribution in [3.8, 4) is 5.75 Å². The first-order chi connectivity index (χ1) is 9.60. The molecule has 0 saturated carbocycles. The number of carbonyl (C=O) groups excluding carboxylic acids is 1. The number of pyridine rings is 1. The molecule has 2 rings (SSSR count). The van der Waals surface area contributed by atoms with Gasteiger partial charge in [-0.05, 0) is 40.2 Å². The molecule has 0 aliphatic carbocycles. The zero-order valence-electron chi connectivity index (χ0n) is 10.8. The molecule has 0 amide bonds. The van der Waals surface area contributed by atoms with Crippen LogP contribution < -0.4 is 10.5 Å². The van der Waals surface area contributed by atoms with E-state index in [2.05, 4.69) is 25.7 Å². The van der Waals surface area contributed by atoms with Gasteiger partial charge in [-0.3, -0.25) is 4.98 Å². The number of halogens is 1. The topological polar surface area (TPSA) is 74.4 Å². The van der Waals surface area contributed by atoms with Crippen LogP contribution in [0.4, 0.5) is 5.69 Å². The number of methoxy groups -OCH3 is 1. The molecule has 2 aromatic rings. The molecule has 0 aliphatic rings. The van der Waals surface area contributed by atoms with Crippen LogP contribution in [-0.4, -0.2) is 18.1 Å². The molecule has 5 nitrogen and oxygen atoms in total. The van der Waals surface area contributed by atoms with Crippen molar-refractivity contribution >= 4 is 27.6 Å². The first-order valence-electron chi connectivity index (χ1n) is 5.81. The van der Waals surface area contributed by atoms with Crippen molar-refractivity contribution in [1.82, 2.24) is 4.98 Å². The van der Waals surface area contributed by atoms with Crippen LogP contribution in [-0.2, 0) is 11.3 Å². The van der Waals surface area contributed by atoms with E-state index in [9.17, 15) is 4.79 Å². The van der Waals surface area contributed by atoms with Crippen molar-refractivity contribution in [2.45, 2.75) is 6.61 Å². The minimum atomic E-state index is -0.413. The second-order valence-electron chi connectivity index (χ2n) is 4.01. The number of rotatable bonds is 4. The number of esters is 1. The summed E-state index contributed by atoms with van der Waals surface area (Å²) in [6.45, 7) is 0.281. The van der Waals surface area contributed by atoms with Crippen LogP contribution in [0.25, 0.3) is 0 Å². The Morgan fingerprint density at radius 3 is 2.80 bits per heavy atom. The third-order valence-corrected chi connectivity index (χ3v) is 3.23. The van der Waals surface area contributed by atoms with Crippen LogP contribution in [0.5, 0.6) is 5.75 Å². The SMILES string of the molecule is COC(=O)c1ccc(COc2cc(N)ccc2Br)nc1. The lowest BCUT2D eigenvalue weighted by Gasteiger charge is -2.08. The summed E-state index contributed by atoms with van der Waals surface area (Å²) in [7, 11) is 1.33. The zero-order valence-corrected chi connectivity index (χ0v) is 12.4. The lowest BCUT2D eigenvalue weighted by molar-refractivity contribution is 0.0600. The fraction of sp³-hybridized carbons (Fsp3) is 0.143. The van der Waals surface area contributed by atoms with E-state index in [0.29, 0.717) is 22.7 Å². The quantitative estimate of drug-likeness (QED) is 0.686. The molecule has 0 atom stereocenters. The van der Waals surface area contributed by atoms with Gasteiger partial charge in [0, 0.05) is 18.0 Å². The Morgan fingerprint density at radius 2 is 2.15 bits per heavy atom. The monoisotopic (exact) mass is 336 g/mol. The Morgan fingerprint density at radius 1 is 1.35 bits per heavy atom. The van der Waals surface area contributed by atoms with E-state index in [1.165, 1.54) is 13.3 Å². The number of ether oxygens (including phenoxy) is 2. The molecule has 6 heteroatoms. The Labute approximate surface area is 124 Å². The van der Waals surface area contributed by atoms with Gasteiger partial charge in [-0.15, -0.1) is 0 Å². The number of benzene rings is 1. The van der Waals surface area contributed by atoms with Gasteiger partial charge in [-0.1, -0.05) is 0 Å². The fourth-order valence-corrected chi connectivity index (χ4v) is 1.89. The Bertz CT molecular complexity index is 614. The average molecular weight is 337 g/mol. The molecular formula is C14H13BrN2O3. The molecular weight excluding hydrogens is 324 g/mol. The summed E-state index contributed by atoms with van der Waals surface area (Å²) in [5.41, 5.74) is 7.42. The molecule has 0 spiro atoms. The molecule has 0 fully saturated rings. The number of aromatic nitrogens is 1. The molecule has 1 heterocycles. The van der Waals surface area contributed by atoms with Crippen LogP contribution >= 0.6 is 15.9 Å². The molecule has 0 radical (unpaired) electrons. The van der Waals surface area contributed by atoms with Crippen LogP contribution in [0.2, 0.25) is 0 Å². The van der Waals surface area contributed by atoms with Gasteiger partial charge >= 0.3 is 5.97 Å². The number of hydrogen-bond acceptors (Lipinski definition) is 5. The van der Waals surface area contributed by atoms with Gasteiger partial charge in [0.25, 0.3) is 0 Å². The molecule has 2 N–H and O–H groups in total. The van der Waals surface area contributed by atoms with Gasteiger partial charge in [0.2, 0.25) is 0 Å². The second kappa shape index (κ2) is 6.38. The lowest BCUT2D eigenvalue weighted by atomic mass is 10.2. The summed E-state index contributed by atoms with van der Waals surface area (Å²) in [6.07, 6.45) is 1.46. The number of nitrogens with zero attached hydrogens (tertiary/aromatic N) is 1. The van der Waals surface area contributed by atoms with Gasteiger partial charge < -0.3 is 15.2 Å². The normalized spacial score (nSPS) is 10.1. The number of carbonyl (C=O) groups is 1. The van der Waals surface area contributed by atoms with Crippen molar-refractivity contribution in [1.29, 1.82) is 0 Å². The number of nitrogens with two attached hydrogens (primary N) is 1. The highest BCUT2D eigenvalue weighted by atomic mass is 79.9. The number of hydrogen-bond donors (Lipinski definition) is 1. The third kappa shape index (κ3) is 3.48. The molecule has 104 valence electrons. The van der Waals surface area contributed by atoms with Crippen LogP contribution in [0.15, 0.2) is 41.0 Å². The van der Waals surface area contributed by atoms with E-state index in [-0.39, 0.29) is 6.61 Å². The molecule has 1 aromatic heterocycles. The summed E-state index contributed by atoms with van der Waals surface area (Å²) in [5.74, 6) is 0.229. The third-order valence-electron chi connectivity index (χ3n) is 2.58. The highest BCUT2D eigenvalue weighted by molar-refractivity contribution is 9.10. The van der Waals surface area contributed by atoms with Gasteiger partial charge in [0.05, 0.1) is 22.8 Å². The van der Waals surface area contributed by atoms with Gasteiger partial charge in [-0.25, -0.2) is 4.79 Å². The van der Waals surface area contributed by atoms with Gasteiger partial charge in [-0.2, -0.15) is 0 Å². The van der Waals surface area contributed by atoms with Crippen LogP contribution in [0.3, 0.4) is 0 Å². The van der Waals surface area contributed by atoms with E-state index in [0.717, 1.165) is 4.47 Å². The van der Waals surface area contributed by atoms with E-state index < -0.39 is 5.97 Å². The second-order valence-corrected chi connectivity index (χ2v) is 4.86. The van der Waals surface area contributed by atoms with Gasteiger partial charge in [0.15, 0.2) is 0 Å². The van der Waals surface area contributed by atoms with E-state index in [1.807, 2.05) is 6.07 Å². The first kappa shape index (κ1) is 14.3. The summed E-state index contributed by atoms with van der Waals surface area (Å²) < 4.78 is 11.0. The first-order valence-corrected chi connectivity index (χ1v) is 6.60. The maximum absolute atomic E-state index is 11.3. The standard InChI is InChI=1S/C14H13BrN2O3/c1-19-14(18)9-2-4-11(17-7-9)8-20-13-6-10(16)3-5-12(13)15/h2-7H,8,16H2,1H3. The highest BCUT2D eigenvalue weighted by Crippen LogP contribution is 2.27. The Hall–Kier alpha value is -2.08. The smallest absolute Gasteiger partial charge is 0.339 e. The van der Waals surface area contributed by atoms with Crippen LogP contribution in [0, 0.1) is 0 Å². The van der Waals surface area contributed by atoms with Crippen molar-refractivity contribution in [3.05, 3.63) is 52.3 Å². The predicted octanol–water partition coefficient (Wildman–Crippen LogP) is 2.79. The van der Waals surface area contributed by atoms with Crippen molar-refractivity contribution < 1.29 is 14.3 Å². The van der Waals surface area contributed by atoms with Crippen molar-refractivity contribution in [2.24, 2.45) is 0 Å². The minimum Gasteiger partial charge on any atom is -0.486 e. The summed E-state index contributed by atoms with van der Waals surface area (Å²) in [6, 6.07) is 8.68. The molecule has 0 aliphatic heterocycles. The van der Waals surface area contributed by atoms with E-state index >= 15 is 0 Å². The Kier molecular flexibility index (Phi) is 4.57. The molecule has 1 aromatic carbocycles. The lowest BCUT2D eigenvalue weighted by Crippen LogP contribution is -2.04. The summed E-state index contributed by atoms with van der Waals surface area (Å²) >= 11 is 3.38. The molecule has 20 heavy (non-hydrogen) atoms. The average Bonchev–Trinajstić information content (AvgIpc) is 2.48. The largest absolute Gasteiger partial charge is 0.486 e. The van der Waals surface area contributed by atoms with Crippen molar-refractivity contribution in [2.75, 3.05) is 12.8 Å².